The van der Waals surface area contributed by atoms with Crippen molar-refractivity contribution < 1.29 is 5.11 Å². The second-order valence-corrected chi connectivity index (χ2v) is 6.80. The first kappa shape index (κ1) is 17.5. The molecule has 2 rings (SSSR count). The molecule has 0 fully saturated rings. The third kappa shape index (κ3) is 5.07. The summed E-state index contributed by atoms with van der Waals surface area (Å²) in [6.45, 7) is 3.79. The van der Waals surface area contributed by atoms with Crippen LogP contribution in [0.25, 0.3) is 0 Å². The number of nitrogens with zero attached hydrogens (tertiary/aromatic N) is 2. The van der Waals surface area contributed by atoms with E-state index >= 15 is 0 Å². The highest BCUT2D eigenvalue weighted by Crippen LogP contribution is 2.24. The van der Waals surface area contributed by atoms with Gasteiger partial charge in [-0.25, -0.2) is 0 Å². The Kier molecular flexibility index (Phi) is 6.17. The molecule has 1 aromatic carbocycles. The molecule has 2 N–H and O–H groups in total. The summed E-state index contributed by atoms with van der Waals surface area (Å²) in [5.74, 6) is 0. The Morgan fingerprint density at radius 3 is 2.65 bits per heavy atom. The number of rotatable bonds is 8. The number of hydrogen-bond acceptors (Lipinski definition) is 5. The Bertz CT molecular complexity index is 629. The van der Waals surface area contributed by atoms with Gasteiger partial charge in [0.15, 0.2) is 0 Å². The third-order valence-corrected chi connectivity index (χ3v) is 4.91. The topological polar surface area (TPSA) is 59.3 Å². The fourth-order valence-corrected chi connectivity index (χ4v) is 3.12. The minimum Gasteiger partial charge on any atom is -0.383 e. The summed E-state index contributed by atoms with van der Waals surface area (Å²) in [5, 5.41) is 24.4. The Hall–Kier alpha value is -1.87. The maximum atomic E-state index is 10.5. The predicted molar refractivity (Wildman–Crippen MR) is 95.5 cm³/mol. The second kappa shape index (κ2) is 8.11. The number of aliphatic hydroxyl groups is 1. The Morgan fingerprint density at radius 1 is 1.30 bits per heavy atom. The van der Waals surface area contributed by atoms with Gasteiger partial charge < -0.3 is 15.3 Å². The largest absolute Gasteiger partial charge is 0.383 e. The zero-order chi connectivity index (χ0) is 16.7. The van der Waals surface area contributed by atoms with Crippen LogP contribution in [0.2, 0.25) is 0 Å². The molecule has 0 aliphatic rings. The fraction of sp³-hybridized carbons (Fsp3) is 0.389. The maximum Gasteiger partial charge on any atom is 0.108 e. The highest BCUT2D eigenvalue weighted by Gasteiger charge is 2.23. The predicted octanol–water partition coefficient (Wildman–Crippen LogP) is 3.10. The number of hydrogen-bond donors (Lipinski definition) is 2. The molecule has 0 aliphatic carbocycles. The van der Waals surface area contributed by atoms with Crippen LogP contribution in [0.5, 0.6) is 0 Å². The van der Waals surface area contributed by atoms with Gasteiger partial charge in [0, 0.05) is 37.2 Å². The van der Waals surface area contributed by atoms with Crippen LogP contribution in [-0.2, 0) is 12.1 Å². The van der Waals surface area contributed by atoms with Crippen LogP contribution >= 0.6 is 11.3 Å². The van der Waals surface area contributed by atoms with Gasteiger partial charge in [0.2, 0.25) is 0 Å². The van der Waals surface area contributed by atoms with Crippen LogP contribution in [0.3, 0.4) is 0 Å². The van der Waals surface area contributed by atoms with Gasteiger partial charge in [-0.15, -0.1) is 11.3 Å². The molecule has 4 nitrogen and oxygen atoms in total. The number of thiophene rings is 1. The normalized spacial score (nSPS) is 13.3. The van der Waals surface area contributed by atoms with Crippen molar-refractivity contribution in [3.05, 3.63) is 52.2 Å². The minimum absolute atomic E-state index is 0.511. The van der Waals surface area contributed by atoms with E-state index in [2.05, 4.69) is 40.6 Å². The van der Waals surface area contributed by atoms with E-state index in [9.17, 15) is 5.11 Å². The Morgan fingerprint density at radius 2 is 2.04 bits per heavy atom. The lowest BCUT2D eigenvalue weighted by Crippen LogP contribution is -2.34. The van der Waals surface area contributed by atoms with Gasteiger partial charge in [-0.2, -0.15) is 5.26 Å². The van der Waals surface area contributed by atoms with Crippen LogP contribution in [0, 0.1) is 11.3 Å². The first-order valence-corrected chi connectivity index (χ1v) is 8.55. The average Bonchev–Trinajstić information content (AvgIpc) is 3.08. The highest BCUT2D eigenvalue weighted by atomic mass is 32.1. The zero-order valence-electron chi connectivity index (χ0n) is 13.6. The monoisotopic (exact) mass is 329 g/mol. The summed E-state index contributed by atoms with van der Waals surface area (Å²) in [5.41, 5.74) is 1.44. The smallest absolute Gasteiger partial charge is 0.108 e. The summed E-state index contributed by atoms with van der Waals surface area (Å²) in [6, 6.07) is 14.3. The molecule has 5 heteroatoms. The van der Waals surface area contributed by atoms with E-state index in [0.29, 0.717) is 19.5 Å². The van der Waals surface area contributed by atoms with E-state index in [-0.39, 0.29) is 0 Å². The molecular formula is C18H23N3OS. The van der Waals surface area contributed by atoms with Crippen LogP contribution in [-0.4, -0.2) is 25.2 Å². The molecule has 1 aromatic heterocycles. The lowest BCUT2D eigenvalue weighted by Gasteiger charge is -2.22. The number of nitrogens with one attached hydrogen (secondary N) is 1. The molecule has 1 heterocycles. The summed E-state index contributed by atoms with van der Waals surface area (Å²) >= 11 is 1.57. The molecule has 1 atom stereocenters. The first-order chi connectivity index (χ1) is 11.0. The number of anilines is 1. The quantitative estimate of drug-likeness (QED) is 0.781. The van der Waals surface area contributed by atoms with E-state index < -0.39 is 5.60 Å². The molecular weight excluding hydrogens is 306 g/mol. The Balaban J connectivity index is 1.84. The van der Waals surface area contributed by atoms with Crippen molar-refractivity contribution in [2.24, 2.45) is 0 Å². The van der Waals surface area contributed by atoms with Gasteiger partial charge in [-0.3, -0.25) is 0 Å². The van der Waals surface area contributed by atoms with Gasteiger partial charge in [0.25, 0.3) is 0 Å². The van der Waals surface area contributed by atoms with Crippen molar-refractivity contribution in [2.75, 3.05) is 25.0 Å². The van der Waals surface area contributed by atoms with Crippen molar-refractivity contribution in [3.63, 3.8) is 0 Å². The van der Waals surface area contributed by atoms with Gasteiger partial charge in [0.05, 0.1) is 12.5 Å². The van der Waals surface area contributed by atoms with Crippen molar-refractivity contribution in [2.45, 2.75) is 25.5 Å². The summed E-state index contributed by atoms with van der Waals surface area (Å²) in [6.07, 6.45) is 0.525. The molecule has 2 aromatic rings. The first-order valence-electron chi connectivity index (χ1n) is 7.67. The SMILES string of the molecule is CN(CCC#N)c1ccc(CNCC(C)(O)c2cccs2)cc1. The number of benzene rings is 1. The molecule has 0 saturated carbocycles. The van der Waals surface area contributed by atoms with E-state index in [4.69, 9.17) is 5.26 Å². The summed E-state index contributed by atoms with van der Waals surface area (Å²) < 4.78 is 0. The molecule has 0 spiro atoms. The van der Waals surface area contributed by atoms with Crippen molar-refractivity contribution in [1.29, 1.82) is 5.26 Å². The summed E-state index contributed by atoms with van der Waals surface area (Å²) in [7, 11) is 1.99. The summed E-state index contributed by atoms with van der Waals surface area (Å²) in [4.78, 5) is 3.04. The lowest BCUT2D eigenvalue weighted by molar-refractivity contribution is 0.0604. The van der Waals surface area contributed by atoms with Crippen LogP contribution in [0.4, 0.5) is 5.69 Å². The fourth-order valence-electron chi connectivity index (χ4n) is 2.34. The van der Waals surface area contributed by atoms with Crippen molar-refractivity contribution >= 4 is 17.0 Å². The lowest BCUT2D eigenvalue weighted by atomic mass is 10.1. The van der Waals surface area contributed by atoms with Gasteiger partial charge >= 0.3 is 0 Å². The van der Waals surface area contributed by atoms with Crippen LogP contribution in [0.1, 0.15) is 23.8 Å². The third-order valence-electron chi connectivity index (χ3n) is 3.79. The zero-order valence-corrected chi connectivity index (χ0v) is 14.4. The van der Waals surface area contributed by atoms with Crippen molar-refractivity contribution in [3.8, 4) is 6.07 Å². The molecule has 1 unspecified atom stereocenters. The van der Waals surface area contributed by atoms with Gasteiger partial charge in [0.1, 0.15) is 5.60 Å². The van der Waals surface area contributed by atoms with E-state index in [1.807, 2.05) is 31.5 Å². The molecule has 122 valence electrons. The molecule has 0 bridgehead atoms. The van der Waals surface area contributed by atoms with E-state index in [0.717, 1.165) is 17.1 Å². The highest BCUT2D eigenvalue weighted by molar-refractivity contribution is 7.10. The molecule has 0 saturated heterocycles. The number of nitriles is 1. The molecule has 0 aliphatic heterocycles. The second-order valence-electron chi connectivity index (χ2n) is 5.85. The minimum atomic E-state index is -0.842. The van der Waals surface area contributed by atoms with Crippen molar-refractivity contribution in [1.82, 2.24) is 5.32 Å². The average molecular weight is 329 g/mol. The molecule has 0 amide bonds. The van der Waals surface area contributed by atoms with E-state index in [1.165, 1.54) is 5.56 Å². The van der Waals surface area contributed by atoms with E-state index in [1.54, 1.807) is 11.3 Å². The molecule has 23 heavy (non-hydrogen) atoms. The van der Waals surface area contributed by atoms with Gasteiger partial charge in [-0.05, 0) is 36.1 Å². The van der Waals surface area contributed by atoms with Crippen LogP contribution in [0.15, 0.2) is 41.8 Å². The molecule has 0 radical (unpaired) electrons. The Labute approximate surface area is 142 Å². The maximum absolute atomic E-state index is 10.5. The van der Waals surface area contributed by atoms with Crippen LogP contribution < -0.4 is 10.2 Å². The van der Waals surface area contributed by atoms with Gasteiger partial charge in [-0.1, -0.05) is 18.2 Å². The standard InChI is InChI=1S/C18H23N3OS/c1-18(22,17-5-3-12-23-17)14-20-13-15-6-8-16(9-7-15)21(2)11-4-10-19/h3,5-9,12,20,22H,4,11,13-14H2,1-2H3.